The minimum Gasteiger partial charge on any atom is -0.508 e. The van der Waals surface area contributed by atoms with E-state index in [1.54, 1.807) is 0 Å². The van der Waals surface area contributed by atoms with Crippen LogP contribution in [0.2, 0.25) is 0 Å². The molecule has 0 radical (unpaired) electrons. The zero-order chi connectivity index (χ0) is 9.97. The number of halogens is 1. The lowest BCUT2D eigenvalue weighted by atomic mass is 10.1. The fourth-order valence-corrected chi connectivity index (χ4v) is 1.74. The van der Waals surface area contributed by atoms with E-state index in [1.165, 1.54) is 37.5 Å². The molecule has 0 unspecified atom stereocenters. The SMILES string of the molecule is Oc1ccc(F)cc1CCCC1CC1. The van der Waals surface area contributed by atoms with Crippen LogP contribution in [0.15, 0.2) is 18.2 Å². The average Bonchev–Trinajstić information content (AvgIpc) is 2.95. The summed E-state index contributed by atoms with van der Waals surface area (Å²) >= 11 is 0. The van der Waals surface area contributed by atoms with Gasteiger partial charge in [0.15, 0.2) is 0 Å². The molecule has 1 aromatic carbocycles. The number of hydrogen-bond donors (Lipinski definition) is 1. The second kappa shape index (κ2) is 3.99. The molecular weight excluding hydrogens is 179 g/mol. The Hall–Kier alpha value is -1.05. The van der Waals surface area contributed by atoms with Crippen molar-refractivity contribution in [2.45, 2.75) is 32.1 Å². The number of hydrogen-bond acceptors (Lipinski definition) is 1. The van der Waals surface area contributed by atoms with E-state index in [-0.39, 0.29) is 11.6 Å². The van der Waals surface area contributed by atoms with Crippen LogP contribution in [-0.4, -0.2) is 5.11 Å². The van der Waals surface area contributed by atoms with Crippen molar-refractivity contribution >= 4 is 0 Å². The highest BCUT2D eigenvalue weighted by atomic mass is 19.1. The first-order valence-corrected chi connectivity index (χ1v) is 5.23. The Morgan fingerprint density at radius 1 is 1.36 bits per heavy atom. The summed E-state index contributed by atoms with van der Waals surface area (Å²) in [4.78, 5) is 0. The van der Waals surface area contributed by atoms with Crippen molar-refractivity contribution < 1.29 is 9.50 Å². The van der Waals surface area contributed by atoms with Crippen molar-refractivity contribution in [3.63, 3.8) is 0 Å². The van der Waals surface area contributed by atoms with Crippen LogP contribution in [0, 0.1) is 11.7 Å². The van der Waals surface area contributed by atoms with Gasteiger partial charge in [-0.2, -0.15) is 0 Å². The maximum atomic E-state index is 12.8. The van der Waals surface area contributed by atoms with Gasteiger partial charge in [-0.15, -0.1) is 0 Å². The van der Waals surface area contributed by atoms with E-state index in [4.69, 9.17) is 0 Å². The van der Waals surface area contributed by atoms with E-state index in [1.807, 2.05) is 0 Å². The summed E-state index contributed by atoms with van der Waals surface area (Å²) in [6.45, 7) is 0. The molecule has 0 saturated heterocycles. The van der Waals surface area contributed by atoms with Crippen LogP contribution in [0.3, 0.4) is 0 Å². The summed E-state index contributed by atoms with van der Waals surface area (Å²) in [6, 6.07) is 4.16. The fourth-order valence-electron chi connectivity index (χ4n) is 1.74. The Bertz CT molecular complexity index is 318. The fraction of sp³-hybridized carbons (Fsp3) is 0.500. The van der Waals surface area contributed by atoms with E-state index in [9.17, 15) is 9.50 Å². The number of phenolic OH excluding ortho intramolecular Hbond substituents is 1. The molecule has 1 aliphatic rings. The molecule has 0 atom stereocenters. The number of rotatable bonds is 4. The average molecular weight is 194 g/mol. The Labute approximate surface area is 83.6 Å². The first-order valence-electron chi connectivity index (χ1n) is 5.23. The molecule has 1 aliphatic carbocycles. The molecule has 0 aromatic heterocycles. The molecule has 2 heteroatoms. The molecule has 0 spiro atoms. The van der Waals surface area contributed by atoms with Crippen molar-refractivity contribution in [1.29, 1.82) is 0 Å². The molecule has 1 saturated carbocycles. The highest BCUT2D eigenvalue weighted by Gasteiger charge is 2.20. The van der Waals surface area contributed by atoms with Crippen LogP contribution in [0.4, 0.5) is 4.39 Å². The smallest absolute Gasteiger partial charge is 0.123 e. The van der Waals surface area contributed by atoms with Gasteiger partial charge >= 0.3 is 0 Å². The van der Waals surface area contributed by atoms with Crippen molar-refractivity contribution in [3.8, 4) is 5.75 Å². The highest BCUT2D eigenvalue weighted by Crippen LogP contribution is 2.34. The second-order valence-corrected chi connectivity index (χ2v) is 4.11. The third-order valence-corrected chi connectivity index (χ3v) is 2.80. The lowest BCUT2D eigenvalue weighted by molar-refractivity contribution is 0.463. The summed E-state index contributed by atoms with van der Waals surface area (Å²) in [5, 5.41) is 9.45. The summed E-state index contributed by atoms with van der Waals surface area (Å²) in [6.07, 6.45) is 5.78. The van der Waals surface area contributed by atoms with Crippen molar-refractivity contribution in [2.24, 2.45) is 5.92 Å². The van der Waals surface area contributed by atoms with Gasteiger partial charge in [-0.3, -0.25) is 0 Å². The topological polar surface area (TPSA) is 20.2 Å². The minimum absolute atomic E-state index is 0.224. The van der Waals surface area contributed by atoms with Crippen LogP contribution in [0.1, 0.15) is 31.2 Å². The van der Waals surface area contributed by atoms with Gasteiger partial charge in [0.25, 0.3) is 0 Å². The molecule has 0 heterocycles. The summed E-state index contributed by atoms with van der Waals surface area (Å²) < 4.78 is 12.8. The van der Waals surface area contributed by atoms with Crippen LogP contribution in [0.25, 0.3) is 0 Å². The quantitative estimate of drug-likeness (QED) is 0.780. The summed E-state index contributed by atoms with van der Waals surface area (Å²) in [5.41, 5.74) is 0.741. The van der Waals surface area contributed by atoms with Gasteiger partial charge in [-0.25, -0.2) is 4.39 Å². The molecule has 1 N–H and O–H groups in total. The molecule has 1 fully saturated rings. The number of phenols is 1. The maximum absolute atomic E-state index is 12.8. The van der Waals surface area contributed by atoms with Gasteiger partial charge in [0, 0.05) is 0 Å². The van der Waals surface area contributed by atoms with Gasteiger partial charge in [0.05, 0.1) is 0 Å². The van der Waals surface area contributed by atoms with Crippen LogP contribution < -0.4 is 0 Å². The number of benzene rings is 1. The highest BCUT2D eigenvalue weighted by molar-refractivity contribution is 5.32. The Kier molecular flexibility index (Phi) is 2.71. The maximum Gasteiger partial charge on any atom is 0.123 e. The molecule has 1 aromatic rings. The van der Waals surface area contributed by atoms with Crippen molar-refractivity contribution in [2.75, 3.05) is 0 Å². The van der Waals surface area contributed by atoms with Gasteiger partial charge in [0.1, 0.15) is 11.6 Å². The monoisotopic (exact) mass is 194 g/mol. The minimum atomic E-state index is -0.260. The lowest BCUT2D eigenvalue weighted by Gasteiger charge is -2.03. The molecule has 0 aliphatic heterocycles. The lowest BCUT2D eigenvalue weighted by Crippen LogP contribution is -1.89. The molecule has 14 heavy (non-hydrogen) atoms. The standard InChI is InChI=1S/C12H15FO/c13-11-6-7-12(14)10(8-11)3-1-2-9-4-5-9/h6-9,14H,1-5H2. The third-order valence-electron chi connectivity index (χ3n) is 2.80. The van der Waals surface area contributed by atoms with Gasteiger partial charge in [0.2, 0.25) is 0 Å². The van der Waals surface area contributed by atoms with E-state index >= 15 is 0 Å². The molecule has 2 rings (SSSR count). The third kappa shape index (κ3) is 2.47. The van der Waals surface area contributed by atoms with E-state index in [0.717, 1.165) is 24.3 Å². The summed E-state index contributed by atoms with van der Waals surface area (Å²) in [5.74, 6) is 0.872. The van der Waals surface area contributed by atoms with Crippen LogP contribution in [-0.2, 0) is 6.42 Å². The van der Waals surface area contributed by atoms with Crippen molar-refractivity contribution in [1.82, 2.24) is 0 Å². The first-order chi connectivity index (χ1) is 6.75. The van der Waals surface area contributed by atoms with Crippen molar-refractivity contribution in [3.05, 3.63) is 29.6 Å². The normalized spacial score (nSPS) is 15.8. The molecule has 0 amide bonds. The van der Waals surface area contributed by atoms with Gasteiger partial charge < -0.3 is 5.11 Å². The second-order valence-electron chi connectivity index (χ2n) is 4.11. The molecule has 0 bridgehead atoms. The zero-order valence-electron chi connectivity index (χ0n) is 8.17. The van der Waals surface area contributed by atoms with Crippen LogP contribution >= 0.6 is 0 Å². The molecular formula is C12H15FO. The van der Waals surface area contributed by atoms with Gasteiger partial charge in [-0.1, -0.05) is 19.3 Å². The van der Waals surface area contributed by atoms with E-state index < -0.39 is 0 Å². The largest absolute Gasteiger partial charge is 0.508 e. The molecule has 76 valence electrons. The van der Waals surface area contributed by atoms with Gasteiger partial charge in [-0.05, 0) is 42.5 Å². The van der Waals surface area contributed by atoms with Crippen LogP contribution in [0.5, 0.6) is 5.75 Å². The van der Waals surface area contributed by atoms with E-state index in [0.29, 0.717) is 0 Å². The summed E-state index contributed by atoms with van der Waals surface area (Å²) in [7, 11) is 0. The first kappa shape index (κ1) is 9.50. The predicted molar refractivity (Wildman–Crippen MR) is 53.7 cm³/mol. The Morgan fingerprint density at radius 3 is 2.86 bits per heavy atom. The Balaban J connectivity index is 1.89. The Morgan fingerprint density at radius 2 is 2.14 bits per heavy atom. The number of aryl methyl sites for hydroxylation is 1. The zero-order valence-corrected chi connectivity index (χ0v) is 8.17. The van der Waals surface area contributed by atoms with E-state index in [2.05, 4.69) is 0 Å². The number of aromatic hydroxyl groups is 1. The molecule has 1 nitrogen and oxygen atoms in total. The predicted octanol–water partition coefficient (Wildman–Crippen LogP) is 3.26.